The zero-order chi connectivity index (χ0) is 19.5. The van der Waals surface area contributed by atoms with E-state index in [1.807, 2.05) is 23.2 Å². The first-order valence-corrected chi connectivity index (χ1v) is 10.1. The lowest BCUT2D eigenvalue weighted by atomic mass is 10.0. The summed E-state index contributed by atoms with van der Waals surface area (Å²) in [7, 11) is 1.70. The van der Waals surface area contributed by atoms with Crippen molar-refractivity contribution in [3.05, 3.63) is 53.1 Å². The van der Waals surface area contributed by atoms with Crippen molar-refractivity contribution in [2.24, 2.45) is 0 Å². The number of rotatable bonds is 4. The van der Waals surface area contributed by atoms with Crippen molar-refractivity contribution in [1.29, 1.82) is 0 Å². The zero-order valence-electron chi connectivity index (χ0n) is 16.7. The average Bonchev–Trinajstić information content (AvgIpc) is 2.73. The lowest BCUT2D eigenvalue weighted by Crippen LogP contribution is -2.38. The molecule has 6 nitrogen and oxygen atoms in total. The highest BCUT2D eigenvalue weighted by Gasteiger charge is 2.29. The van der Waals surface area contributed by atoms with Crippen molar-refractivity contribution in [2.75, 3.05) is 20.2 Å². The van der Waals surface area contributed by atoms with Crippen LogP contribution in [-0.2, 0) is 24.3 Å². The number of benzene rings is 1. The number of amides is 1. The molecule has 0 saturated carbocycles. The van der Waals surface area contributed by atoms with Gasteiger partial charge in [0.05, 0.1) is 13.2 Å². The van der Waals surface area contributed by atoms with Crippen LogP contribution < -0.4 is 4.74 Å². The van der Waals surface area contributed by atoms with Gasteiger partial charge in [0.1, 0.15) is 5.75 Å². The monoisotopic (exact) mass is 380 g/mol. The Morgan fingerprint density at radius 2 is 2.18 bits per heavy atom. The SMILES string of the molecule is COc1cccc(CN2CCc3nc([C@H]4CCCCN4C(C)=O)ncc3C2)c1. The molecule has 3 heterocycles. The summed E-state index contributed by atoms with van der Waals surface area (Å²) in [5.41, 5.74) is 3.59. The zero-order valence-corrected chi connectivity index (χ0v) is 16.7. The van der Waals surface area contributed by atoms with Gasteiger partial charge in [-0.2, -0.15) is 0 Å². The highest BCUT2D eigenvalue weighted by molar-refractivity contribution is 5.73. The Morgan fingerprint density at radius 1 is 1.29 bits per heavy atom. The van der Waals surface area contributed by atoms with E-state index in [9.17, 15) is 4.79 Å². The number of nitrogens with zero attached hydrogens (tertiary/aromatic N) is 4. The molecule has 2 aliphatic rings. The van der Waals surface area contributed by atoms with Crippen molar-refractivity contribution in [3.8, 4) is 5.75 Å². The normalized spacial score (nSPS) is 19.9. The van der Waals surface area contributed by atoms with Crippen LogP contribution in [-0.4, -0.2) is 45.9 Å². The second-order valence-corrected chi connectivity index (χ2v) is 7.74. The number of hydrogen-bond acceptors (Lipinski definition) is 5. The van der Waals surface area contributed by atoms with E-state index in [0.29, 0.717) is 0 Å². The Kier molecular flexibility index (Phi) is 5.57. The molecular weight excluding hydrogens is 352 g/mol. The second kappa shape index (κ2) is 8.27. The van der Waals surface area contributed by atoms with Crippen LogP contribution in [0.25, 0.3) is 0 Å². The molecule has 0 radical (unpaired) electrons. The minimum Gasteiger partial charge on any atom is -0.497 e. The van der Waals surface area contributed by atoms with Crippen molar-refractivity contribution in [3.63, 3.8) is 0 Å². The van der Waals surface area contributed by atoms with Crippen LogP contribution in [0.15, 0.2) is 30.5 Å². The summed E-state index contributed by atoms with van der Waals surface area (Å²) in [6.45, 7) is 5.18. The number of piperidine rings is 1. The molecule has 148 valence electrons. The fourth-order valence-corrected chi connectivity index (χ4v) is 4.29. The molecule has 0 aliphatic carbocycles. The summed E-state index contributed by atoms with van der Waals surface area (Å²) in [5.74, 6) is 1.83. The van der Waals surface area contributed by atoms with Crippen molar-refractivity contribution in [1.82, 2.24) is 19.8 Å². The number of carbonyl (C=O) groups excluding carboxylic acids is 1. The average molecular weight is 380 g/mol. The third-order valence-corrected chi connectivity index (χ3v) is 5.78. The van der Waals surface area contributed by atoms with Crippen LogP contribution in [0, 0.1) is 0 Å². The maximum absolute atomic E-state index is 12.0. The molecule has 28 heavy (non-hydrogen) atoms. The first-order valence-electron chi connectivity index (χ1n) is 10.1. The molecule has 1 atom stereocenters. The minimum atomic E-state index is 0.0337. The summed E-state index contributed by atoms with van der Waals surface area (Å²) >= 11 is 0. The minimum absolute atomic E-state index is 0.0337. The fraction of sp³-hybridized carbons (Fsp3) is 0.500. The Morgan fingerprint density at radius 3 is 3.00 bits per heavy atom. The standard InChI is InChI=1S/C22H28N4O2/c1-16(27)26-10-4-3-8-21(26)22-23-13-18-15-25(11-9-20(18)24-22)14-17-6-5-7-19(12-17)28-2/h5-7,12-13,21H,3-4,8-11,14-15H2,1-2H3/t21-/m1/s1. The highest BCUT2D eigenvalue weighted by atomic mass is 16.5. The number of carbonyl (C=O) groups is 1. The Hall–Kier alpha value is -2.47. The molecule has 1 saturated heterocycles. The van der Waals surface area contributed by atoms with Gasteiger partial charge in [-0.15, -0.1) is 0 Å². The number of ether oxygens (including phenoxy) is 1. The molecule has 1 fully saturated rings. The molecule has 1 aromatic heterocycles. The molecule has 0 spiro atoms. The molecule has 0 unspecified atom stereocenters. The molecule has 1 amide bonds. The van der Waals surface area contributed by atoms with E-state index in [0.717, 1.165) is 69.1 Å². The predicted octanol–water partition coefficient (Wildman–Crippen LogP) is 3.12. The van der Waals surface area contributed by atoms with Gasteiger partial charge in [0.2, 0.25) is 5.91 Å². The Labute approximate surface area is 166 Å². The number of fused-ring (bicyclic) bond motifs is 1. The van der Waals surface area contributed by atoms with Gasteiger partial charge in [-0.05, 0) is 37.0 Å². The van der Waals surface area contributed by atoms with Gasteiger partial charge in [0.25, 0.3) is 0 Å². The number of aromatic nitrogens is 2. The highest BCUT2D eigenvalue weighted by Crippen LogP contribution is 2.30. The van der Waals surface area contributed by atoms with E-state index in [-0.39, 0.29) is 11.9 Å². The third kappa shape index (κ3) is 4.02. The summed E-state index contributed by atoms with van der Waals surface area (Å²) < 4.78 is 5.33. The molecule has 0 bridgehead atoms. The van der Waals surface area contributed by atoms with E-state index in [4.69, 9.17) is 9.72 Å². The van der Waals surface area contributed by atoms with E-state index in [1.165, 1.54) is 11.1 Å². The first-order chi connectivity index (χ1) is 13.6. The smallest absolute Gasteiger partial charge is 0.220 e. The number of methoxy groups -OCH3 is 1. The quantitative estimate of drug-likeness (QED) is 0.816. The van der Waals surface area contributed by atoms with Crippen LogP contribution in [0.5, 0.6) is 5.75 Å². The molecule has 2 aromatic rings. The summed E-state index contributed by atoms with van der Waals surface area (Å²) in [5, 5.41) is 0. The van der Waals surface area contributed by atoms with Crippen LogP contribution in [0.2, 0.25) is 0 Å². The van der Waals surface area contributed by atoms with Gasteiger partial charge in [-0.1, -0.05) is 12.1 Å². The number of likely N-dealkylation sites (tertiary alicyclic amines) is 1. The van der Waals surface area contributed by atoms with Crippen LogP contribution >= 0.6 is 0 Å². The van der Waals surface area contributed by atoms with Gasteiger partial charge < -0.3 is 9.64 Å². The fourth-order valence-electron chi connectivity index (χ4n) is 4.29. The number of hydrogen-bond donors (Lipinski definition) is 0. The largest absolute Gasteiger partial charge is 0.497 e. The van der Waals surface area contributed by atoms with E-state index < -0.39 is 0 Å². The molecule has 6 heteroatoms. The topological polar surface area (TPSA) is 58.6 Å². The van der Waals surface area contributed by atoms with Gasteiger partial charge in [0, 0.05) is 57.0 Å². The van der Waals surface area contributed by atoms with Crippen LogP contribution in [0.4, 0.5) is 0 Å². The molecule has 0 N–H and O–H groups in total. The van der Waals surface area contributed by atoms with Crippen molar-refractivity contribution < 1.29 is 9.53 Å². The molecular formula is C22H28N4O2. The first kappa shape index (κ1) is 18.9. The van der Waals surface area contributed by atoms with Gasteiger partial charge in [-0.25, -0.2) is 9.97 Å². The predicted molar refractivity (Wildman–Crippen MR) is 107 cm³/mol. The van der Waals surface area contributed by atoms with E-state index >= 15 is 0 Å². The van der Waals surface area contributed by atoms with Crippen molar-refractivity contribution in [2.45, 2.75) is 51.7 Å². The maximum Gasteiger partial charge on any atom is 0.220 e. The summed E-state index contributed by atoms with van der Waals surface area (Å²) in [6.07, 6.45) is 6.05. The lowest BCUT2D eigenvalue weighted by molar-refractivity contribution is -0.132. The molecule has 4 rings (SSSR count). The van der Waals surface area contributed by atoms with Crippen LogP contribution in [0.1, 0.15) is 54.9 Å². The summed E-state index contributed by atoms with van der Waals surface area (Å²) in [6, 6.07) is 8.27. The van der Waals surface area contributed by atoms with Crippen LogP contribution in [0.3, 0.4) is 0 Å². The molecule has 1 aromatic carbocycles. The van der Waals surface area contributed by atoms with Gasteiger partial charge in [0.15, 0.2) is 5.82 Å². The van der Waals surface area contributed by atoms with Gasteiger partial charge >= 0.3 is 0 Å². The summed E-state index contributed by atoms with van der Waals surface area (Å²) in [4.78, 5) is 25.9. The van der Waals surface area contributed by atoms with Gasteiger partial charge in [-0.3, -0.25) is 9.69 Å². The van der Waals surface area contributed by atoms with Crippen molar-refractivity contribution >= 4 is 5.91 Å². The third-order valence-electron chi connectivity index (χ3n) is 5.78. The Balaban J connectivity index is 1.47. The lowest BCUT2D eigenvalue weighted by Gasteiger charge is -2.35. The van der Waals surface area contributed by atoms with E-state index in [1.54, 1.807) is 14.0 Å². The molecule has 2 aliphatic heterocycles. The Bertz CT molecular complexity index is 854. The second-order valence-electron chi connectivity index (χ2n) is 7.74. The maximum atomic E-state index is 12.0. The van der Waals surface area contributed by atoms with E-state index in [2.05, 4.69) is 22.0 Å².